The van der Waals surface area contributed by atoms with Crippen LogP contribution in [0.4, 0.5) is 18.9 Å². The van der Waals surface area contributed by atoms with Gasteiger partial charge in [-0.15, -0.1) is 0 Å². The van der Waals surface area contributed by atoms with Gasteiger partial charge in [0, 0.05) is 17.7 Å². The highest BCUT2D eigenvalue weighted by Gasteiger charge is 2.35. The number of benzene rings is 1. The molecule has 0 fully saturated rings. The van der Waals surface area contributed by atoms with Crippen LogP contribution in [-0.4, -0.2) is 10.7 Å². The number of hydrogen-bond donors (Lipinski definition) is 0. The summed E-state index contributed by atoms with van der Waals surface area (Å²) in [5, 5.41) is 10.3. The lowest BCUT2D eigenvalue weighted by Crippen LogP contribution is -2.12. The Morgan fingerprint density at radius 2 is 1.94 bits per heavy atom. The Hall–Kier alpha value is -1.92. The number of ketones is 1. The predicted octanol–water partition coefficient (Wildman–Crippen LogP) is 2.82. The molecule has 0 aliphatic carbocycles. The number of halogens is 3. The Labute approximate surface area is 87.8 Å². The third-order valence-electron chi connectivity index (χ3n) is 1.90. The van der Waals surface area contributed by atoms with E-state index in [1.165, 1.54) is 0 Å². The first-order valence-electron chi connectivity index (χ1n) is 4.10. The molecule has 7 heteroatoms. The SMILES string of the molecule is CC(=O)c1cc([N+](=O)[O-])ccc1C(F)(F)F. The van der Waals surface area contributed by atoms with Crippen molar-refractivity contribution in [1.82, 2.24) is 0 Å². The summed E-state index contributed by atoms with van der Waals surface area (Å²) in [6, 6.07) is 1.88. The molecule has 0 aliphatic heterocycles. The van der Waals surface area contributed by atoms with Crippen LogP contribution in [0.2, 0.25) is 0 Å². The highest BCUT2D eigenvalue weighted by Crippen LogP contribution is 2.33. The van der Waals surface area contributed by atoms with Crippen molar-refractivity contribution >= 4 is 11.5 Å². The van der Waals surface area contributed by atoms with Crippen LogP contribution in [-0.2, 0) is 6.18 Å². The number of hydrogen-bond acceptors (Lipinski definition) is 3. The third kappa shape index (κ3) is 2.36. The summed E-state index contributed by atoms with van der Waals surface area (Å²) in [5.41, 5.74) is -2.40. The van der Waals surface area contributed by atoms with E-state index in [-0.39, 0.29) is 0 Å². The van der Waals surface area contributed by atoms with Crippen molar-refractivity contribution in [2.75, 3.05) is 0 Å². The first kappa shape index (κ1) is 12.2. The Bertz CT molecular complexity index is 454. The van der Waals surface area contributed by atoms with Crippen LogP contribution in [0.5, 0.6) is 0 Å². The predicted molar refractivity (Wildman–Crippen MR) is 48.1 cm³/mol. The molecular formula is C9H6F3NO3. The molecule has 0 unspecified atom stereocenters. The lowest BCUT2D eigenvalue weighted by Gasteiger charge is -2.10. The molecule has 86 valence electrons. The molecule has 4 nitrogen and oxygen atoms in total. The fourth-order valence-corrected chi connectivity index (χ4v) is 1.18. The average Bonchev–Trinajstić information content (AvgIpc) is 2.15. The zero-order valence-electron chi connectivity index (χ0n) is 8.04. The summed E-state index contributed by atoms with van der Waals surface area (Å²) >= 11 is 0. The number of carbonyl (C=O) groups excluding carboxylic acids is 1. The number of Topliss-reactive ketones (excluding diaryl/α,β-unsaturated/α-hetero) is 1. The minimum absolute atomic E-state index is 0.537. The molecule has 0 amide bonds. The molecule has 0 spiro atoms. The molecule has 0 heterocycles. The third-order valence-corrected chi connectivity index (χ3v) is 1.90. The van der Waals surface area contributed by atoms with Gasteiger partial charge in [-0.05, 0) is 13.0 Å². The number of rotatable bonds is 2. The minimum Gasteiger partial charge on any atom is -0.294 e. The second-order valence-electron chi connectivity index (χ2n) is 3.04. The molecule has 0 aromatic heterocycles. The normalized spacial score (nSPS) is 11.2. The first-order valence-corrected chi connectivity index (χ1v) is 4.10. The molecule has 1 aromatic carbocycles. The van der Waals surface area contributed by atoms with Gasteiger partial charge in [-0.25, -0.2) is 0 Å². The summed E-state index contributed by atoms with van der Waals surface area (Å²) < 4.78 is 37.3. The van der Waals surface area contributed by atoms with Gasteiger partial charge in [0.05, 0.1) is 10.5 Å². The first-order chi connectivity index (χ1) is 7.23. The second-order valence-corrected chi connectivity index (χ2v) is 3.04. The van der Waals surface area contributed by atoms with Crippen molar-refractivity contribution in [1.29, 1.82) is 0 Å². The lowest BCUT2D eigenvalue weighted by molar-refractivity contribution is -0.384. The van der Waals surface area contributed by atoms with Crippen molar-refractivity contribution < 1.29 is 22.9 Å². The van der Waals surface area contributed by atoms with Gasteiger partial charge in [0.15, 0.2) is 5.78 Å². The molecule has 1 aromatic rings. The fourth-order valence-electron chi connectivity index (χ4n) is 1.18. The number of nitro groups is 1. The molecule has 0 bridgehead atoms. The van der Waals surface area contributed by atoms with Gasteiger partial charge in [0.1, 0.15) is 0 Å². The van der Waals surface area contributed by atoms with Crippen LogP contribution < -0.4 is 0 Å². The maximum absolute atomic E-state index is 12.4. The van der Waals surface area contributed by atoms with Gasteiger partial charge in [-0.1, -0.05) is 0 Å². The summed E-state index contributed by atoms with van der Waals surface area (Å²) in [5.74, 6) is -0.865. The quantitative estimate of drug-likeness (QED) is 0.448. The fraction of sp³-hybridized carbons (Fsp3) is 0.222. The van der Waals surface area contributed by atoms with Gasteiger partial charge >= 0.3 is 6.18 Å². The molecule has 0 aliphatic rings. The van der Waals surface area contributed by atoms with E-state index >= 15 is 0 Å². The van der Waals surface area contributed by atoms with Gasteiger partial charge < -0.3 is 0 Å². The Balaban J connectivity index is 3.43. The number of alkyl halides is 3. The van der Waals surface area contributed by atoms with Crippen molar-refractivity contribution in [2.24, 2.45) is 0 Å². The van der Waals surface area contributed by atoms with E-state index in [0.717, 1.165) is 13.0 Å². The molecule has 16 heavy (non-hydrogen) atoms. The average molecular weight is 233 g/mol. The summed E-state index contributed by atoms with van der Waals surface area (Å²) in [4.78, 5) is 20.5. The van der Waals surface area contributed by atoms with Crippen LogP contribution in [0, 0.1) is 10.1 Å². The van der Waals surface area contributed by atoms with E-state index in [9.17, 15) is 28.1 Å². The monoisotopic (exact) mass is 233 g/mol. The van der Waals surface area contributed by atoms with E-state index < -0.39 is 33.7 Å². The molecule has 0 saturated carbocycles. The highest BCUT2D eigenvalue weighted by atomic mass is 19.4. The van der Waals surface area contributed by atoms with Crippen LogP contribution >= 0.6 is 0 Å². The standard InChI is InChI=1S/C9H6F3NO3/c1-5(14)7-4-6(13(15)16)2-3-8(7)9(10,11)12/h2-4H,1H3. The lowest BCUT2D eigenvalue weighted by atomic mass is 10.0. The molecule has 0 N–H and O–H groups in total. The van der Waals surface area contributed by atoms with E-state index in [1.54, 1.807) is 0 Å². The van der Waals surface area contributed by atoms with Gasteiger partial charge in [0.25, 0.3) is 5.69 Å². The van der Waals surface area contributed by atoms with Crippen molar-refractivity contribution in [3.63, 3.8) is 0 Å². The molecular weight excluding hydrogens is 227 g/mol. The van der Waals surface area contributed by atoms with Crippen molar-refractivity contribution in [3.8, 4) is 0 Å². The summed E-state index contributed by atoms with van der Waals surface area (Å²) in [7, 11) is 0. The minimum atomic E-state index is -4.70. The zero-order chi connectivity index (χ0) is 12.5. The molecule has 0 saturated heterocycles. The maximum atomic E-state index is 12.4. The molecule has 0 atom stereocenters. The number of nitrogens with zero attached hydrogens (tertiary/aromatic N) is 1. The van der Waals surface area contributed by atoms with Crippen molar-refractivity contribution in [3.05, 3.63) is 39.4 Å². The smallest absolute Gasteiger partial charge is 0.294 e. The number of non-ortho nitro benzene ring substituents is 1. The molecule has 1 rings (SSSR count). The van der Waals surface area contributed by atoms with Crippen LogP contribution in [0.3, 0.4) is 0 Å². The zero-order valence-corrected chi connectivity index (χ0v) is 8.04. The number of nitro benzene ring substituents is 1. The van der Waals surface area contributed by atoms with E-state index in [0.29, 0.717) is 12.1 Å². The van der Waals surface area contributed by atoms with Crippen molar-refractivity contribution in [2.45, 2.75) is 13.1 Å². The number of carbonyl (C=O) groups is 1. The molecule has 0 radical (unpaired) electrons. The van der Waals surface area contributed by atoms with Gasteiger partial charge in [-0.2, -0.15) is 13.2 Å². The Morgan fingerprint density at radius 3 is 2.31 bits per heavy atom. The summed E-state index contributed by atoms with van der Waals surface area (Å²) in [6.45, 7) is 0.925. The summed E-state index contributed by atoms with van der Waals surface area (Å²) in [6.07, 6.45) is -4.70. The Kier molecular flexibility index (Phi) is 2.97. The Morgan fingerprint density at radius 1 is 1.38 bits per heavy atom. The topological polar surface area (TPSA) is 60.2 Å². The van der Waals surface area contributed by atoms with E-state index in [2.05, 4.69) is 0 Å². The van der Waals surface area contributed by atoms with Crippen LogP contribution in [0.15, 0.2) is 18.2 Å². The largest absolute Gasteiger partial charge is 0.417 e. The van der Waals surface area contributed by atoms with Crippen LogP contribution in [0.25, 0.3) is 0 Å². The van der Waals surface area contributed by atoms with Crippen LogP contribution in [0.1, 0.15) is 22.8 Å². The maximum Gasteiger partial charge on any atom is 0.417 e. The van der Waals surface area contributed by atoms with Gasteiger partial charge in [0.2, 0.25) is 0 Å². The van der Waals surface area contributed by atoms with E-state index in [4.69, 9.17) is 0 Å². The van der Waals surface area contributed by atoms with E-state index in [1.807, 2.05) is 0 Å². The second kappa shape index (κ2) is 3.92. The highest BCUT2D eigenvalue weighted by molar-refractivity contribution is 5.96. The van der Waals surface area contributed by atoms with Gasteiger partial charge in [-0.3, -0.25) is 14.9 Å².